The summed E-state index contributed by atoms with van der Waals surface area (Å²) in [6, 6.07) is 8.28. The van der Waals surface area contributed by atoms with Crippen molar-refractivity contribution in [2.75, 3.05) is 18.1 Å². The normalized spacial score (nSPS) is 27.8. The Labute approximate surface area is 166 Å². The number of nitrogens with one attached hydrogen (secondary N) is 1. The van der Waals surface area contributed by atoms with Crippen molar-refractivity contribution in [2.45, 2.75) is 31.3 Å². The van der Waals surface area contributed by atoms with E-state index < -0.39 is 0 Å². The zero-order valence-corrected chi connectivity index (χ0v) is 15.9. The molecule has 2 aliphatic heterocycles. The lowest BCUT2D eigenvalue weighted by Gasteiger charge is -2.31. The van der Waals surface area contributed by atoms with Gasteiger partial charge in [0.1, 0.15) is 24.0 Å². The van der Waals surface area contributed by atoms with Crippen LogP contribution in [0.4, 0.5) is 10.2 Å². The first-order chi connectivity index (χ1) is 14.1. The van der Waals surface area contributed by atoms with Crippen molar-refractivity contribution in [1.82, 2.24) is 19.9 Å². The Kier molecular flexibility index (Phi) is 3.29. The minimum absolute atomic E-state index is 0.234. The molecule has 1 aliphatic carbocycles. The predicted molar refractivity (Wildman–Crippen MR) is 104 cm³/mol. The van der Waals surface area contributed by atoms with Gasteiger partial charge in [-0.25, -0.2) is 13.9 Å². The second-order valence-electron chi connectivity index (χ2n) is 8.20. The standard InChI is InChI=1S/C21H20FN5O2/c1-12-11-29-17-3-2-14(22)8-15(17)21-9-13(21)6-7-26(21)19-5-4-18-23-10-16(20(28)24-12)27(18)25-19/h2-5,8,10,12-13H,6-7,9,11H2,1H3,(H,24,28)/t12-,13+,21?/m1/s1. The molecular weight excluding hydrogens is 373 g/mol. The van der Waals surface area contributed by atoms with E-state index in [0.29, 0.717) is 23.0 Å². The quantitative estimate of drug-likeness (QED) is 0.636. The number of halogens is 1. The molecule has 1 aromatic carbocycles. The lowest BCUT2D eigenvalue weighted by atomic mass is 10.0. The van der Waals surface area contributed by atoms with Crippen LogP contribution in [-0.4, -0.2) is 39.7 Å². The highest BCUT2D eigenvalue weighted by Gasteiger charge is 2.64. The van der Waals surface area contributed by atoms with Gasteiger partial charge in [-0.15, -0.1) is 5.10 Å². The van der Waals surface area contributed by atoms with E-state index in [4.69, 9.17) is 9.84 Å². The number of hydrogen-bond donors (Lipinski definition) is 1. The fourth-order valence-corrected chi connectivity index (χ4v) is 4.95. The number of hydrogen-bond acceptors (Lipinski definition) is 5. The summed E-state index contributed by atoms with van der Waals surface area (Å²) in [6.07, 6.45) is 3.50. The molecule has 0 radical (unpaired) electrons. The number of aromatic nitrogens is 3. The summed E-state index contributed by atoms with van der Waals surface area (Å²) >= 11 is 0. The zero-order chi connectivity index (χ0) is 19.8. The fraction of sp³-hybridized carbons (Fsp3) is 0.381. The van der Waals surface area contributed by atoms with Gasteiger partial charge in [0.05, 0.1) is 17.8 Å². The highest BCUT2D eigenvalue weighted by atomic mass is 19.1. The van der Waals surface area contributed by atoms with Crippen molar-refractivity contribution in [3.63, 3.8) is 0 Å². The Morgan fingerprint density at radius 2 is 2.21 bits per heavy atom. The van der Waals surface area contributed by atoms with Crippen molar-refractivity contribution in [1.29, 1.82) is 0 Å². The number of ether oxygens (including phenoxy) is 1. The summed E-state index contributed by atoms with van der Waals surface area (Å²) in [7, 11) is 0. The van der Waals surface area contributed by atoms with Gasteiger partial charge in [-0.2, -0.15) is 0 Å². The number of rotatable bonds is 0. The molecule has 3 atom stereocenters. The molecule has 1 N–H and O–H groups in total. The zero-order valence-electron chi connectivity index (χ0n) is 15.9. The maximum atomic E-state index is 14.3. The smallest absolute Gasteiger partial charge is 0.271 e. The molecular formula is C21H20FN5O2. The van der Waals surface area contributed by atoms with Gasteiger partial charge in [-0.3, -0.25) is 4.79 Å². The molecule has 4 heterocycles. The van der Waals surface area contributed by atoms with Crippen molar-refractivity contribution < 1.29 is 13.9 Å². The summed E-state index contributed by atoms with van der Waals surface area (Å²) in [6.45, 7) is 2.99. The predicted octanol–water partition coefficient (Wildman–Crippen LogP) is 2.50. The Morgan fingerprint density at radius 3 is 3.07 bits per heavy atom. The first-order valence-corrected chi connectivity index (χ1v) is 9.92. The van der Waals surface area contributed by atoms with Crippen LogP contribution in [-0.2, 0) is 5.54 Å². The highest BCUT2D eigenvalue weighted by Crippen LogP contribution is 2.64. The molecule has 1 saturated carbocycles. The minimum atomic E-state index is -0.312. The first-order valence-electron chi connectivity index (χ1n) is 9.92. The van der Waals surface area contributed by atoms with E-state index in [1.54, 1.807) is 22.8 Å². The Hall–Kier alpha value is -3.16. The van der Waals surface area contributed by atoms with Crippen LogP contribution in [0.5, 0.6) is 5.75 Å². The molecule has 7 nitrogen and oxygen atoms in total. The summed E-state index contributed by atoms with van der Waals surface area (Å²) in [4.78, 5) is 19.3. The van der Waals surface area contributed by atoms with Crippen molar-refractivity contribution in [2.24, 2.45) is 5.92 Å². The molecule has 29 heavy (non-hydrogen) atoms. The number of imidazole rings is 1. The molecule has 1 amide bonds. The van der Waals surface area contributed by atoms with E-state index in [1.165, 1.54) is 6.07 Å². The molecule has 3 aliphatic rings. The molecule has 3 aromatic rings. The van der Waals surface area contributed by atoms with Gasteiger partial charge in [-0.05, 0) is 56.0 Å². The summed E-state index contributed by atoms with van der Waals surface area (Å²) in [5.41, 5.74) is 1.56. The van der Waals surface area contributed by atoms with Crippen LogP contribution in [0, 0.1) is 11.7 Å². The van der Waals surface area contributed by atoms with Gasteiger partial charge in [0, 0.05) is 12.1 Å². The molecule has 6 rings (SSSR count). The van der Waals surface area contributed by atoms with Crippen LogP contribution in [0.25, 0.3) is 5.65 Å². The molecule has 1 saturated heterocycles. The van der Waals surface area contributed by atoms with Crippen LogP contribution < -0.4 is 15.0 Å². The number of carbonyl (C=O) groups excluding carboxylic acids is 1. The maximum Gasteiger partial charge on any atom is 0.271 e. The molecule has 1 spiro atoms. The number of benzene rings is 1. The molecule has 2 bridgehead atoms. The van der Waals surface area contributed by atoms with E-state index in [1.807, 2.05) is 19.1 Å². The van der Waals surface area contributed by atoms with Crippen molar-refractivity contribution >= 4 is 17.4 Å². The number of anilines is 1. The van der Waals surface area contributed by atoms with Crippen LogP contribution in [0.3, 0.4) is 0 Å². The third-order valence-electron chi connectivity index (χ3n) is 6.39. The van der Waals surface area contributed by atoms with E-state index in [-0.39, 0.29) is 29.9 Å². The lowest BCUT2D eigenvalue weighted by molar-refractivity contribution is 0.0919. The lowest BCUT2D eigenvalue weighted by Crippen LogP contribution is -2.37. The minimum Gasteiger partial charge on any atom is -0.491 e. The molecule has 2 fully saturated rings. The van der Waals surface area contributed by atoms with E-state index in [2.05, 4.69) is 15.2 Å². The summed E-state index contributed by atoms with van der Waals surface area (Å²) in [5.74, 6) is 1.34. The number of piperidine rings is 1. The third-order valence-corrected chi connectivity index (χ3v) is 6.39. The topological polar surface area (TPSA) is 71.8 Å². The van der Waals surface area contributed by atoms with Gasteiger partial charge >= 0.3 is 0 Å². The van der Waals surface area contributed by atoms with Gasteiger partial charge in [-0.1, -0.05) is 0 Å². The van der Waals surface area contributed by atoms with E-state index in [0.717, 1.165) is 30.8 Å². The summed E-state index contributed by atoms with van der Waals surface area (Å²) in [5, 5.41) is 7.68. The van der Waals surface area contributed by atoms with Gasteiger partial charge in [0.15, 0.2) is 11.3 Å². The van der Waals surface area contributed by atoms with Gasteiger partial charge < -0.3 is 15.0 Å². The van der Waals surface area contributed by atoms with Crippen LogP contribution >= 0.6 is 0 Å². The summed E-state index contributed by atoms with van der Waals surface area (Å²) < 4.78 is 21.9. The van der Waals surface area contributed by atoms with Crippen molar-refractivity contribution in [3.8, 4) is 5.75 Å². The number of fused-ring (bicyclic) bond motifs is 3. The van der Waals surface area contributed by atoms with Gasteiger partial charge in [0.25, 0.3) is 5.91 Å². The van der Waals surface area contributed by atoms with E-state index in [9.17, 15) is 9.18 Å². The average Bonchev–Trinajstić information content (AvgIpc) is 3.09. The SMILES string of the molecule is C[C@@H]1COc2ccc(F)cc2C23C[C@@H]2CCN3c2ccc3ncc(n3n2)C(=O)N1. The largest absolute Gasteiger partial charge is 0.491 e. The average molecular weight is 393 g/mol. The van der Waals surface area contributed by atoms with Crippen LogP contribution in [0.1, 0.15) is 35.8 Å². The molecule has 8 heteroatoms. The maximum absolute atomic E-state index is 14.3. The number of amides is 1. The fourth-order valence-electron chi connectivity index (χ4n) is 4.95. The monoisotopic (exact) mass is 393 g/mol. The Bertz CT molecular complexity index is 1160. The molecule has 148 valence electrons. The second-order valence-corrected chi connectivity index (χ2v) is 8.20. The third kappa shape index (κ3) is 2.31. The first kappa shape index (κ1) is 16.8. The van der Waals surface area contributed by atoms with Crippen molar-refractivity contribution in [3.05, 3.63) is 53.6 Å². The Morgan fingerprint density at radius 1 is 1.31 bits per heavy atom. The number of nitrogens with zero attached hydrogens (tertiary/aromatic N) is 4. The number of carbonyl (C=O) groups is 1. The van der Waals surface area contributed by atoms with Crippen LogP contribution in [0.2, 0.25) is 0 Å². The highest BCUT2D eigenvalue weighted by molar-refractivity contribution is 5.93. The Balaban J connectivity index is 1.57. The van der Waals surface area contributed by atoms with E-state index >= 15 is 0 Å². The second kappa shape index (κ2) is 5.68. The molecule has 1 unspecified atom stereocenters. The van der Waals surface area contributed by atoms with Crippen LogP contribution in [0.15, 0.2) is 36.5 Å². The molecule has 2 aromatic heterocycles. The van der Waals surface area contributed by atoms with Gasteiger partial charge in [0.2, 0.25) is 0 Å².